The van der Waals surface area contributed by atoms with E-state index in [0.717, 1.165) is 29.2 Å². The molecule has 0 fully saturated rings. The summed E-state index contributed by atoms with van der Waals surface area (Å²) in [4.78, 5) is 10.1. The first-order valence-electron chi connectivity index (χ1n) is 6.33. The van der Waals surface area contributed by atoms with Crippen LogP contribution in [0.2, 0.25) is 0 Å². The fourth-order valence-electron chi connectivity index (χ4n) is 2.17. The average molecular weight is 272 g/mol. The van der Waals surface area contributed by atoms with Crippen LogP contribution in [0.25, 0.3) is 4.96 Å². The van der Waals surface area contributed by atoms with Crippen LogP contribution in [0.3, 0.4) is 0 Å². The van der Waals surface area contributed by atoms with Gasteiger partial charge in [-0.1, -0.05) is 6.07 Å². The average Bonchev–Trinajstić information content (AvgIpc) is 3.00. The largest absolute Gasteiger partial charge is 0.316 e. The molecule has 0 saturated heterocycles. The van der Waals surface area contributed by atoms with Crippen molar-refractivity contribution in [1.82, 2.24) is 19.7 Å². The van der Waals surface area contributed by atoms with Gasteiger partial charge in [0.1, 0.15) is 0 Å². The quantitative estimate of drug-likeness (QED) is 0.774. The zero-order valence-electron chi connectivity index (χ0n) is 10.8. The zero-order chi connectivity index (χ0) is 13.1. The Morgan fingerprint density at radius 3 is 2.95 bits per heavy atom. The minimum Gasteiger partial charge on any atom is -0.316 e. The highest BCUT2D eigenvalue weighted by Crippen LogP contribution is 2.13. The fourth-order valence-corrected chi connectivity index (χ4v) is 2.89. The summed E-state index contributed by atoms with van der Waals surface area (Å²) in [5.74, 6) is 0. The third-order valence-corrected chi connectivity index (χ3v) is 3.96. The van der Waals surface area contributed by atoms with E-state index in [2.05, 4.69) is 37.3 Å². The topological polar surface area (TPSA) is 42.2 Å². The Hall–Kier alpha value is -1.72. The second kappa shape index (κ2) is 5.50. The van der Waals surface area contributed by atoms with Gasteiger partial charge in [0.2, 0.25) is 0 Å². The number of likely N-dealkylation sites (N-methyl/N-ethyl adjacent to an activating group) is 1. The van der Waals surface area contributed by atoms with Gasteiger partial charge in [-0.15, -0.1) is 11.3 Å². The Morgan fingerprint density at radius 1 is 1.32 bits per heavy atom. The molecule has 0 aliphatic heterocycles. The summed E-state index contributed by atoms with van der Waals surface area (Å²) in [6, 6.07) is 6.40. The van der Waals surface area contributed by atoms with E-state index in [9.17, 15) is 0 Å². The van der Waals surface area contributed by atoms with Gasteiger partial charge < -0.3 is 5.32 Å². The number of nitrogens with zero attached hydrogens (tertiary/aromatic N) is 3. The lowest BCUT2D eigenvalue weighted by atomic mass is 10.1. The van der Waals surface area contributed by atoms with Crippen LogP contribution in [-0.2, 0) is 12.8 Å². The first-order valence-corrected chi connectivity index (χ1v) is 7.21. The second-order valence-corrected chi connectivity index (χ2v) is 5.41. The molecule has 0 saturated carbocycles. The number of pyridine rings is 1. The van der Waals surface area contributed by atoms with Gasteiger partial charge in [-0.25, -0.2) is 4.98 Å². The van der Waals surface area contributed by atoms with Gasteiger partial charge >= 0.3 is 0 Å². The summed E-state index contributed by atoms with van der Waals surface area (Å²) in [7, 11) is 1.99. The SMILES string of the molecule is CNC(Cc1ccccn1)Cc1cn2ccsc2n1. The maximum atomic E-state index is 4.62. The lowest BCUT2D eigenvalue weighted by molar-refractivity contribution is 0.545. The molecule has 5 heteroatoms. The molecule has 0 amide bonds. The molecule has 3 rings (SSSR count). The van der Waals surface area contributed by atoms with Crippen LogP contribution in [0.1, 0.15) is 11.4 Å². The molecule has 1 N–H and O–H groups in total. The van der Waals surface area contributed by atoms with Gasteiger partial charge in [-0.3, -0.25) is 9.38 Å². The van der Waals surface area contributed by atoms with Gasteiger partial charge in [-0.05, 0) is 19.2 Å². The summed E-state index contributed by atoms with van der Waals surface area (Å²) < 4.78 is 2.08. The first kappa shape index (κ1) is 12.3. The van der Waals surface area contributed by atoms with Crippen molar-refractivity contribution in [2.24, 2.45) is 0 Å². The molecule has 3 heterocycles. The minimum absolute atomic E-state index is 0.361. The first-order chi connectivity index (χ1) is 9.35. The van der Waals surface area contributed by atoms with Crippen LogP contribution >= 0.6 is 11.3 Å². The van der Waals surface area contributed by atoms with E-state index >= 15 is 0 Å². The molecule has 1 atom stereocenters. The zero-order valence-corrected chi connectivity index (χ0v) is 11.6. The van der Waals surface area contributed by atoms with Gasteiger partial charge in [0.15, 0.2) is 4.96 Å². The molecule has 4 nitrogen and oxygen atoms in total. The number of nitrogens with one attached hydrogen (secondary N) is 1. The van der Waals surface area contributed by atoms with Gasteiger partial charge in [0, 0.05) is 48.5 Å². The molecule has 0 aliphatic rings. The second-order valence-electron chi connectivity index (χ2n) is 4.54. The van der Waals surface area contributed by atoms with Crippen molar-refractivity contribution >= 4 is 16.3 Å². The summed E-state index contributed by atoms with van der Waals surface area (Å²) in [6.45, 7) is 0. The maximum absolute atomic E-state index is 4.62. The molecular formula is C14H16N4S. The number of thiazole rings is 1. The van der Waals surface area contributed by atoms with Gasteiger partial charge in [0.05, 0.1) is 5.69 Å². The van der Waals surface area contributed by atoms with Crippen molar-refractivity contribution in [1.29, 1.82) is 0 Å². The summed E-state index contributed by atoms with van der Waals surface area (Å²) >= 11 is 1.67. The van der Waals surface area contributed by atoms with Crippen LogP contribution in [0, 0.1) is 0 Å². The highest BCUT2D eigenvalue weighted by molar-refractivity contribution is 7.15. The van der Waals surface area contributed by atoms with E-state index in [1.54, 1.807) is 11.3 Å². The number of hydrogen-bond acceptors (Lipinski definition) is 4. The van der Waals surface area contributed by atoms with Crippen LogP contribution in [0.15, 0.2) is 42.2 Å². The van der Waals surface area contributed by atoms with Crippen LogP contribution in [0.5, 0.6) is 0 Å². The van der Waals surface area contributed by atoms with Crippen molar-refractivity contribution in [3.05, 3.63) is 53.6 Å². The lowest BCUT2D eigenvalue weighted by Crippen LogP contribution is -2.30. The number of imidazole rings is 1. The molecule has 0 radical (unpaired) electrons. The van der Waals surface area contributed by atoms with Crippen LogP contribution < -0.4 is 5.32 Å². The van der Waals surface area contributed by atoms with Crippen molar-refractivity contribution < 1.29 is 0 Å². The van der Waals surface area contributed by atoms with Crippen molar-refractivity contribution in [2.45, 2.75) is 18.9 Å². The number of rotatable bonds is 5. The minimum atomic E-state index is 0.361. The molecule has 1 unspecified atom stereocenters. The van der Waals surface area contributed by atoms with Crippen LogP contribution in [0.4, 0.5) is 0 Å². The Morgan fingerprint density at radius 2 is 2.21 bits per heavy atom. The Bertz CT molecular complexity index is 615. The number of aromatic nitrogens is 3. The van der Waals surface area contributed by atoms with Crippen molar-refractivity contribution in [3.8, 4) is 0 Å². The molecule has 19 heavy (non-hydrogen) atoms. The molecule has 0 aliphatic carbocycles. The van der Waals surface area contributed by atoms with E-state index in [1.165, 1.54) is 0 Å². The molecule has 3 aromatic rings. The van der Waals surface area contributed by atoms with Gasteiger partial charge in [-0.2, -0.15) is 0 Å². The highest BCUT2D eigenvalue weighted by Gasteiger charge is 2.12. The Kier molecular flexibility index (Phi) is 3.57. The molecule has 98 valence electrons. The molecule has 3 aromatic heterocycles. The van der Waals surface area contributed by atoms with E-state index in [1.807, 2.05) is 31.6 Å². The third-order valence-electron chi connectivity index (χ3n) is 3.19. The molecule has 0 spiro atoms. The van der Waals surface area contributed by atoms with E-state index in [4.69, 9.17) is 0 Å². The maximum Gasteiger partial charge on any atom is 0.193 e. The standard InChI is InChI=1S/C14H16N4S/c1-15-12(8-11-4-2-3-5-16-11)9-13-10-18-6-7-19-14(18)17-13/h2-7,10,12,15H,8-9H2,1H3. The molecule has 0 bridgehead atoms. The van der Waals surface area contributed by atoms with Crippen molar-refractivity contribution in [3.63, 3.8) is 0 Å². The van der Waals surface area contributed by atoms with Crippen molar-refractivity contribution in [2.75, 3.05) is 7.05 Å². The lowest BCUT2D eigenvalue weighted by Gasteiger charge is -2.14. The van der Waals surface area contributed by atoms with Crippen LogP contribution in [-0.4, -0.2) is 27.5 Å². The van der Waals surface area contributed by atoms with E-state index in [0.29, 0.717) is 6.04 Å². The Labute approximate surface area is 116 Å². The fraction of sp³-hybridized carbons (Fsp3) is 0.286. The molecular weight excluding hydrogens is 256 g/mol. The van der Waals surface area contributed by atoms with E-state index < -0.39 is 0 Å². The number of hydrogen-bond donors (Lipinski definition) is 1. The predicted octanol–water partition coefficient (Wildman–Crippen LogP) is 2.16. The number of fused-ring (bicyclic) bond motifs is 1. The Balaban J connectivity index is 1.71. The van der Waals surface area contributed by atoms with Gasteiger partial charge in [0.25, 0.3) is 0 Å². The molecule has 0 aromatic carbocycles. The van der Waals surface area contributed by atoms with E-state index in [-0.39, 0.29) is 0 Å². The third kappa shape index (κ3) is 2.83. The highest BCUT2D eigenvalue weighted by atomic mass is 32.1. The summed E-state index contributed by atoms with van der Waals surface area (Å²) in [5, 5.41) is 5.40. The summed E-state index contributed by atoms with van der Waals surface area (Å²) in [6.07, 6.45) is 7.83. The summed E-state index contributed by atoms with van der Waals surface area (Å²) in [5.41, 5.74) is 2.24. The normalized spacial score (nSPS) is 12.9. The monoisotopic (exact) mass is 272 g/mol. The predicted molar refractivity (Wildman–Crippen MR) is 77.6 cm³/mol. The smallest absolute Gasteiger partial charge is 0.193 e.